The van der Waals surface area contributed by atoms with Crippen LogP contribution in [-0.2, 0) is 9.53 Å². The zero-order valence-corrected chi connectivity index (χ0v) is 8.51. The van der Waals surface area contributed by atoms with Crippen molar-refractivity contribution in [3.05, 3.63) is 0 Å². The molecule has 0 aromatic heterocycles. The van der Waals surface area contributed by atoms with Crippen molar-refractivity contribution in [2.24, 2.45) is 5.92 Å². The lowest BCUT2D eigenvalue weighted by Gasteiger charge is -2.19. The van der Waals surface area contributed by atoms with Crippen LogP contribution in [0.5, 0.6) is 0 Å². The Morgan fingerprint density at radius 3 is 2.23 bits per heavy atom. The van der Waals surface area contributed by atoms with Gasteiger partial charge in [0.25, 0.3) is 0 Å². The number of rotatable bonds is 2. The maximum absolute atomic E-state index is 11.9. The average Bonchev–Trinajstić information content (AvgIpc) is 2.76. The van der Waals surface area contributed by atoms with Crippen molar-refractivity contribution < 1.29 is 9.53 Å². The minimum Gasteiger partial charge on any atom is -0.358 e. The molecule has 0 spiro atoms. The van der Waals surface area contributed by atoms with E-state index in [1.807, 2.05) is 13.8 Å². The van der Waals surface area contributed by atoms with E-state index in [2.05, 4.69) is 0 Å². The van der Waals surface area contributed by atoms with Gasteiger partial charge in [0.2, 0.25) is 0 Å². The summed E-state index contributed by atoms with van der Waals surface area (Å²) in [6.07, 6.45) is 5.85. The molecular formula is C11H18O2. The summed E-state index contributed by atoms with van der Waals surface area (Å²) in [5.41, 5.74) is -0.158. The zero-order chi connectivity index (χ0) is 9.47. The van der Waals surface area contributed by atoms with Crippen LogP contribution in [0.15, 0.2) is 0 Å². The first kappa shape index (κ1) is 9.20. The fourth-order valence-electron chi connectivity index (χ4n) is 2.27. The Morgan fingerprint density at radius 2 is 1.77 bits per heavy atom. The number of hydrogen-bond acceptors (Lipinski definition) is 2. The Balaban J connectivity index is 1.90. The summed E-state index contributed by atoms with van der Waals surface area (Å²) in [5, 5.41) is 0. The quantitative estimate of drug-likeness (QED) is 0.613. The zero-order valence-electron chi connectivity index (χ0n) is 8.51. The van der Waals surface area contributed by atoms with Crippen molar-refractivity contribution in [2.45, 2.75) is 57.7 Å². The van der Waals surface area contributed by atoms with Crippen LogP contribution < -0.4 is 0 Å². The highest BCUT2D eigenvalue weighted by molar-refractivity contribution is 5.88. The van der Waals surface area contributed by atoms with Gasteiger partial charge >= 0.3 is 0 Å². The van der Waals surface area contributed by atoms with Gasteiger partial charge in [-0.3, -0.25) is 4.79 Å². The van der Waals surface area contributed by atoms with Crippen molar-refractivity contribution in [1.82, 2.24) is 0 Å². The third kappa shape index (κ3) is 1.78. The number of epoxide rings is 1. The minimum atomic E-state index is -0.158. The third-order valence-electron chi connectivity index (χ3n) is 3.26. The van der Waals surface area contributed by atoms with Gasteiger partial charge in [-0.05, 0) is 26.7 Å². The predicted octanol–water partition coefficient (Wildman–Crippen LogP) is 2.31. The molecule has 0 bridgehead atoms. The molecule has 2 fully saturated rings. The average molecular weight is 182 g/mol. The van der Waals surface area contributed by atoms with Crippen LogP contribution in [0.2, 0.25) is 0 Å². The molecule has 2 heteroatoms. The second-order valence-corrected chi connectivity index (χ2v) is 4.84. The number of Topliss-reactive ketones (excluding diaryl/α,β-unsaturated/α-hetero) is 1. The van der Waals surface area contributed by atoms with E-state index in [0.717, 1.165) is 12.8 Å². The number of ketones is 1. The Labute approximate surface area is 79.7 Å². The molecule has 1 atom stereocenters. The first-order valence-electron chi connectivity index (χ1n) is 5.33. The third-order valence-corrected chi connectivity index (χ3v) is 3.26. The molecule has 2 nitrogen and oxygen atoms in total. The summed E-state index contributed by atoms with van der Waals surface area (Å²) in [4.78, 5) is 11.9. The van der Waals surface area contributed by atoms with E-state index in [1.165, 1.54) is 19.3 Å². The van der Waals surface area contributed by atoms with Crippen molar-refractivity contribution in [3.63, 3.8) is 0 Å². The molecule has 1 saturated carbocycles. The minimum absolute atomic E-state index is 0.0874. The molecule has 1 heterocycles. The van der Waals surface area contributed by atoms with E-state index >= 15 is 0 Å². The standard InChI is InChI=1S/C11H18O2/c1-11(2)10(13-11)9(12)8-6-4-3-5-7-8/h8,10H,3-7H2,1-2H3. The van der Waals surface area contributed by atoms with E-state index in [-0.39, 0.29) is 11.7 Å². The van der Waals surface area contributed by atoms with Gasteiger partial charge in [-0.15, -0.1) is 0 Å². The lowest BCUT2D eigenvalue weighted by atomic mass is 9.84. The van der Waals surface area contributed by atoms with Crippen LogP contribution in [0.4, 0.5) is 0 Å². The van der Waals surface area contributed by atoms with Crippen molar-refractivity contribution >= 4 is 5.78 Å². The number of hydrogen-bond donors (Lipinski definition) is 0. The Bertz CT molecular complexity index is 214. The van der Waals surface area contributed by atoms with E-state index < -0.39 is 0 Å². The van der Waals surface area contributed by atoms with Gasteiger partial charge in [-0.2, -0.15) is 0 Å². The van der Waals surface area contributed by atoms with E-state index in [9.17, 15) is 4.79 Å². The molecule has 0 radical (unpaired) electrons. The molecule has 0 aromatic rings. The second-order valence-electron chi connectivity index (χ2n) is 4.84. The highest BCUT2D eigenvalue weighted by Crippen LogP contribution is 2.39. The smallest absolute Gasteiger partial charge is 0.167 e. The van der Waals surface area contributed by atoms with Crippen LogP contribution >= 0.6 is 0 Å². The van der Waals surface area contributed by atoms with Crippen molar-refractivity contribution in [1.29, 1.82) is 0 Å². The summed E-state index contributed by atoms with van der Waals surface area (Å²) < 4.78 is 5.37. The van der Waals surface area contributed by atoms with Crippen LogP contribution in [0.3, 0.4) is 0 Å². The van der Waals surface area contributed by atoms with Gasteiger partial charge in [0.15, 0.2) is 5.78 Å². The number of ether oxygens (including phenoxy) is 1. The van der Waals surface area contributed by atoms with Gasteiger partial charge in [0.05, 0.1) is 5.60 Å². The maximum Gasteiger partial charge on any atom is 0.167 e. The Hall–Kier alpha value is -0.370. The Morgan fingerprint density at radius 1 is 1.23 bits per heavy atom. The fraction of sp³-hybridized carbons (Fsp3) is 0.909. The summed E-state index contributed by atoms with van der Waals surface area (Å²) in [6.45, 7) is 4.00. The van der Waals surface area contributed by atoms with Gasteiger partial charge in [0, 0.05) is 5.92 Å². The SMILES string of the molecule is CC1(C)OC1C(=O)C1CCCCC1. The van der Waals surface area contributed by atoms with Crippen LogP contribution in [0.25, 0.3) is 0 Å². The summed E-state index contributed by atoms with van der Waals surface area (Å²) in [7, 11) is 0. The monoisotopic (exact) mass is 182 g/mol. The van der Waals surface area contributed by atoms with E-state index in [1.54, 1.807) is 0 Å². The highest BCUT2D eigenvalue weighted by atomic mass is 16.6. The molecule has 0 aromatic carbocycles. The molecule has 2 aliphatic rings. The molecule has 74 valence electrons. The van der Waals surface area contributed by atoms with Crippen molar-refractivity contribution in [3.8, 4) is 0 Å². The highest BCUT2D eigenvalue weighted by Gasteiger charge is 2.54. The number of carbonyl (C=O) groups is 1. The molecule has 0 N–H and O–H groups in total. The molecule has 0 amide bonds. The summed E-state index contributed by atoms with van der Waals surface area (Å²) in [6, 6.07) is 0. The van der Waals surface area contributed by atoms with E-state index in [0.29, 0.717) is 11.7 Å². The predicted molar refractivity (Wildman–Crippen MR) is 50.5 cm³/mol. The van der Waals surface area contributed by atoms with Crippen LogP contribution in [0.1, 0.15) is 46.0 Å². The first-order valence-corrected chi connectivity index (χ1v) is 5.33. The molecule has 1 aliphatic carbocycles. The number of carbonyl (C=O) groups excluding carboxylic acids is 1. The van der Waals surface area contributed by atoms with Crippen LogP contribution in [0, 0.1) is 5.92 Å². The molecule has 1 unspecified atom stereocenters. The lowest BCUT2D eigenvalue weighted by Crippen LogP contribution is -2.25. The maximum atomic E-state index is 11.9. The summed E-state index contributed by atoms with van der Waals surface area (Å²) in [5.74, 6) is 0.672. The largest absolute Gasteiger partial charge is 0.358 e. The topological polar surface area (TPSA) is 29.6 Å². The summed E-state index contributed by atoms with van der Waals surface area (Å²) >= 11 is 0. The first-order chi connectivity index (χ1) is 6.11. The van der Waals surface area contributed by atoms with Crippen LogP contribution in [-0.4, -0.2) is 17.5 Å². The van der Waals surface area contributed by atoms with Gasteiger partial charge in [0.1, 0.15) is 6.10 Å². The van der Waals surface area contributed by atoms with E-state index in [4.69, 9.17) is 4.74 Å². The fourth-order valence-corrected chi connectivity index (χ4v) is 2.27. The van der Waals surface area contributed by atoms with Gasteiger partial charge in [-0.25, -0.2) is 0 Å². The van der Waals surface area contributed by atoms with Gasteiger partial charge in [-0.1, -0.05) is 19.3 Å². The Kier molecular flexibility index (Phi) is 2.18. The normalized spacial score (nSPS) is 32.9. The lowest BCUT2D eigenvalue weighted by molar-refractivity contribution is -0.125. The van der Waals surface area contributed by atoms with Gasteiger partial charge < -0.3 is 4.74 Å². The molecule has 1 saturated heterocycles. The molecule has 13 heavy (non-hydrogen) atoms. The molecule has 2 rings (SSSR count). The molecular weight excluding hydrogens is 164 g/mol. The molecule has 1 aliphatic heterocycles. The second kappa shape index (κ2) is 3.09. The van der Waals surface area contributed by atoms with Crippen molar-refractivity contribution in [2.75, 3.05) is 0 Å².